The number of nitrogens with zero attached hydrogens (tertiary/aromatic N) is 1. The van der Waals surface area contributed by atoms with Crippen LogP contribution in [0.4, 0.5) is 0 Å². The van der Waals surface area contributed by atoms with Gasteiger partial charge in [0.2, 0.25) is 0 Å². The number of nitrogens with one attached hydrogen (secondary N) is 1. The molecule has 0 spiro atoms. The molecule has 0 saturated carbocycles. The molecule has 2 nitrogen and oxygen atoms in total. The van der Waals surface area contributed by atoms with Crippen LogP contribution in [0.25, 0.3) is 0 Å². The first-order valence-corrected chi connectivity index (χ1v) is 8.15. The largest absolute Gasteiger partial charge is 0.315 e. The summed E-state index contributed by atoms with van der Waals surface area (Å²) in [7, 11) is 0. The molecule has 0 radical (unpaired) electrons. The first-order chi connectivity index (χ1) is 8.72. The summed E-state index contributed by atoms with van der Waals surface area (Å²) in [4.78, 5) is 2.66. The van der Waals surface area contributed by atoms with Gasteiger partial charge in [0, 0.05) is 13.1 Å². The molecule has 1 aliphatic rings. The van der Waals surface area contributed by atoms with Crippen LogP contribution >= 0.6 is 0 Å². The zero-order valence-electron chi connectivity index (χ0n) is 12.9. The lowest BCUT2D eigenvalue weighted by atomic mass is 9.96. The number of rotatable bonds is 8. The van der Waals surface area contributed by atoms with E-state index in [1.807, 2.05) is 0 Å². The minimum atomic E-state index is 0.825. The van der Waals surface area contributed by atoms with Crippen LogP contribution in [-0.4, -0.2) is 37.6 Å². The Balaban J connectivity index is 2.04. The molecule has 0 aromatic rings. The lowest BCUT2D eigenvalue weighted by molar-refractivity contribution is 0.278. The Hall–Kier alpha value is -0.0800. The van der Waals surface area contributed by atoms with E-state index in [1.165, 1.54) is 71.2 Å². The maximum absolute atomic E-state index is 3.58. The maximum Gasteiger partial charge on any atom is 0.0107 e. The molecule has 0 aromatic carbocycles. The molecule has 1 heterocycles. The van der Waals surface area contributed by atoms with Gasteiger partial charge in [-0.3, -0.25) is 0 Å². The Kier molecular flexibility index (Phi) is 8.70. The molecule has 1 saturated heterocycles. The van der Waals surface area contributed by atoms with Crippen LogP contribution in [0.1, 0.15) is 59.3 Å². The smallest absolute Gasteiger partial charge is 0.0107 e. The van der Waals surface area contributed by atoms with E-state index >= 15 is 0 Å². The van der Waals surface area contributed by atoms with Crippen molar-refractivity contribution >= 4 is 0 Å². The van der Waals surface area contributed by atoms with Crippen molar-refractivity contribution in [3.05, 3.63) is 0 Å². The first kappa shape index (κ1) is 16.0. The fraction of sp³-hybridized carbons (Fsp3) is 1.00. The van der Waals surface area contributed by atoms with Crippen LogP contribution < -0.4 is 5.32 Å². The molecule has 108 valence electrons. The molecule has 1 unspecified atom stereocenters. The van der Waals surface area contributed by atoms with Crippen molar-refractivity contribution in [3.8, 4) is 0 Å². The predicted molar refractivity (Wildman–Crippen MR) is 81.0 cm³/mol. The van der Waals surface area contributed by atoms with Crippen LogP contribution in [0, 0.1) is 11.8 Å². The van der Waals surface area contributed by atoms with Crippen molar-refractivity contribution in [1.29, 1.82) is 0 Å². The molecule has 1 fully saturated rings. The maximum atomic E-state index is 3.58. The Morgan fingerprint density at radius 1 is 1.17 bits per heavy atom. The Morgan fingerprint density at radius 2 is 2.00 bits per heavy atom. The van der Waals surface area contributed by atoms with Crippen molar-refractivity contribution in [2.75, 3.05) is 32.7 Å². The molecule has 1 rings (SSSR count). The number of hydrogen-bond donors (Lipinski definition) is 1. The summed E-state index contributed by atoms with van der Waals surface area (Å²) in [5.74, 6) is 1.83. The van der Waals surface area contributed by atoms with Crippen molar-refractivity contribution in [1.82, 2.24) is 10.2 Å². The summed E-state index contributed by atoms with van der Waals surface area (Å²) in [5, 5.41) is 3.58. The molecule has 0 amide bonds. The van der Waals surface area contributed by atoms with Gasteiger partial charge in [-0.2, -0.15) is 0 Å². The van der Waals surface area contributed by atoms with Gasteiger partial charge in [-0.25, -0.2) is 0 Å². The highest BCUT2D eigenvalue weighted by Gasteiger charge is 2.15. The third-order valence-electron chi connectivity index (χ3n) is 4.14. The molecular weight excluding hydrogens is 220 g/mol. The monoisotopic (exact) mass is 254 g/mol. The Morgan fingerprint density at radius 3 is 2.72 bits per heavy atom. The van der Waals surface area contributed by atoms with Gasteiger partial charge in [0.1, 0.15) is 0 Å². The van der Waals surface area contributed by atoms with Gasteiger partial charge in [-0.15, -0.1) is 0 Å². The standard InChI is InChI=1S/C16H34N2/c1-4-6-16-7-5-12-18(13-9-16)14-11-17-10-8-15(2)3/h15-17H,4-14H2,1-3H3. The summed E-state index contributed by atoms with van der Waals surface area (Å²) in [5.41, 5.74) is 0. The molecule has 0 bridgehead atoms. The third kappa shape index (κ3) is 7.38. The van der Waals surface area contributed by atoms with Crippen LogP contribution in [-0.2, 0) is 0 Å². The quantitative estimate of drug-likeness (QED) is 0.667. The van der Waals surface area contributed by atoms with E-state index in [9.17, 15) is 0 Å². The van der Waals surface area contributed by atoms with E-state index < -0.39 is 0 Å². The summed E-state index contributed by atoms with van der Waals surface area (Å²) in [6.45, 7) is 13.2. The van der Waals surface area contributed by atoms with Crippen molar-refractivity contribution in [3.63, 3.8) is 0 Å². The van der Waals surface area contributed by atoms with Crippen LogP contribution in [0.2, 0.25) is 0 Å². The van der Waals surface area contributed by atoms with Crippen LogP contribution in [0.3, 0.4) is 0 Å². The van der Waals surface area contributed by atoms with Crippen LogP contribution in [0.15, 0.2) is 0 Å². The Labute approximate surface area is 115 Å². The second-order valence-electron chi connectivity index (χ2n) is 6.36. The van der Waals surface area contributed by atoms with Gasteiger partial charge >= 0.3 is 0 Å². The molecular formula is C16H34N2. The summed E-state index contributed by atoms with van der Waals surface area (Å²) in [6, 6.07) is 0. The third-order valence-corrected chi connectivity index (χ3v) is 4.14. The summed E-state index contributed by atoms with van der Waals surface area (Å²) >= 11 is 0. The number of likely N-dealkylation sites (tertiary alicyclic amines) is 1. The zero-order chi connectivity index (χ0) is 13.2. The van der Waals surface area contributed by atoms with E-state index in [4.69, 9.17) is 0 Å². The average molecular weight is 254 g/mol. The highest BCUT2D eigenvalue weighted by molar-refractivity contribution is 4.70. The zero-order valence-corrected chi connectivity index (χ0v) is 12.9. The average Bonchev–Trinajstić information content (AvgIpc) is 2.55. The van der Waals surface area contributed by atoms with E-state index in [0.717, 1.165) is 11.8 Å². The normalized spacial score (nSPS) is 22.3. The van der Waals surface area contributed by atoms with E-state index in [0.29, 0.717) is 0 Å². The summed E-state index contributed by atoms with van der Waals surface area (Å²) in [6.07, 6.45) is 8.42. The minimum absolute atomic E-state index is 0.825. The number of hydrogen-bond acceptors (Lipinski definition) is 2. The predicted octanol–water partition coefficient (Wildman–Crippen LogP) is 3.52. The van der Waals surface area contributed by atoms with E-state index in [1.54, 1.807) is 0 Å². The molecule has 1 atom stereocenters. The molecule has 0 aromatic heterocycles. The van der Waals surface area contributed by atoms with E-state index in [-0.39, 0.29) is 0 Å². The van der Waals surface area contributed by atoms with Gasteiger partial charge in [0.15, 0.2) is 0 Å². The van der Waals surface area contributed by atoms with Crippen molar-refractivity contribution in [2.45, 2.75) is 59.3 Å². The minimum Gasteiger partial charge on any atom is -0.315 e. The fourth-order valence-corrected chi connectivity index (χ4v) is 2.90. The second kappa shape index (κ2) is 9.80. The molecule has 0 aliphatic carbocycles. The van der Waals surface area contributed by atoms with Gasteiger partial charge in [0.25, 0.3) is 0 Å². The lowest BCUT2D eigenvalue weighted by Crippen LogP contribution is -2.33. The summed E-state index contributed by atoms with van der Waals surface area (Å²) < 4.78 is 0. The topological polar surface area (TPSA) is 15.3 Å². The highest BCUT2D eigenvalue weighted by Crippen LogP contribution is 2.21. The molecule has 1 N–H and O–H groups in total. The van der Waals surface area contributed by atoms with Crippen LogP contribution in [0.5, 0.6) is 0 Å². The second-order valence-corrected chi connectivity index (χ2v) is 6.36. The van der Waals surface area contributed by atoms with Crippen molar-refractivity contribution in [2.24, 2.45) is 11.8 Å². The highest BCUT2D eigenvalue weighted by atomic mass is 15.1. The first-order valence-electron chi connectivity index (χ1n) is 8.15. The molecule has 2 heteroatoms. The van der Waals surface area contributed by atoms with Gasteiger partial charge in [-0.1, -0.05) is 33.6 Å². The molecule has 18 heavy (non-hydrogen) atoms. The molecule has 1 aliphatic heterocycles. The van der Waals surface area contributed by atoms with Gasteiger partial charge in [-0.05, 0) is 57.2 Å². The SMILES string of the molecule is CCCC1CCCN(CCNCCC(C)C)CC1. The lowest BCUT2D eigenvalue weighted by Gasteiger charge is -2.20. The fourth-order valence-electron chi connectivity index (χ4n) is 2.90. The van der Waals surface area contributed by atoms with Crippen molar-refractivity contribution < 1.29 is 0 Å². The van der Waals surface area contributed by atoms with E-state index in [2.05, 4.69) is 31.0 Å². The van der Waals surface area contributed by atoms with Gasteiger partial charge < -0.3 is 10.2 Å². The Bertz CT molecular complexity index is 192. The van der Waals surface area contributed by atoms with Gasteiger partial charge in [0.05, 0.1) is 0 Å².